The van der Waals surface area contributed by atoms with Gasteiger partial charge in [-0.15, -0.1) is 0 Å². The maximum atomic E-state index is 13.0. The first kappa shape index (κ1) is 21.8. The molecule has 0 unspecified atom stereocenters. The van der Waals surface area contributed by atoms with Crippen LogP contribution in [-0.2, 0) is 6.42 Å². The fourth-order valence-electron chi connectivity index (χ4n) is 3.49. The van der Waals surface area contributed by atoms with Crippen molar-refractivity contribution in [2.45, 2.75) is 27.2 Å². The van der Waals surface area contributed by atoms with Gasteiger partial charge in [-0.2, -0.15) is 0 Å². The van der Waals surface area contributed by atoms with Crippen molar-refractivity contribution in [1.29, 1.82) is 0 Å². The van der Waals surface area contributed by atoms with Gasteiger partial charge in [0.1, 0.15) is 11.3 Å². The van der Waals surface area contributed by atoms with Crippen molar-refractivity contribution in [3.8, 4) is 5.75 Å². The van der Waals surface area contributed by atoms with Gasteiger partial charge in [-0.25, -0.2) is 4.98 Å². The number of benzene rings is 2. The third-order valence-electron chi connectivity index (χ3n) is 5.44. The number of nitrogens with zero attached hydrogens (tertiary/aromatic N) is 3. The zero-order valence-electron chi connectivity index (χ0n) is 18.4. The zero-order chi connectivity index (χ0) is 21.5. The molecule has 0 aliphatic rings. The van der Waals surface area contributed by atoms with E-state index >= 15 is 0 Å². The van der Waals surface area contributed by atoms with Gasteiger partial charge in [-0.1, -0.05) is 26.0 Å². The molecule has 6 heteroatoms. The van der Waals surface area contributed by atoms with Crippen molar-refractivity contribution in [2.24, 2.45) is 0 Å². The number of oxazole rings is 1. The van der Waals surface area contributed by atoms with Crippen LogP contribution in [0, 0.1) is 0 Å². The van der Waals surface area contributed by atoms with Crippen LogP contribution in [0.15, 0.2) is 46.9 Å². The van der Waals surface area contributed by atoms with E-state index in [0.29, 0.717) is 36.5 Å². The van der Waals surface area contributed by atoms with Gasteiger partial charge >= 0.3 is 0 Å². The molecule has 0 radical (unpaired) electrons. The second-order valence-electron chi connectivity index (χ2n) is 7.23. The molecule has 160 valence electrons. The summed E-state index contributed by atoms with van der Waals surface area (Å²) in [5.74, 6) is 1.48. The van der Waals surface area contributed by atoms with Crippen molar-refractivity contribution in [1.82, 2.24) is 14.8 Å². The molecule has 0 saturated carbocycles. The maximum absolute atomic E-state index is 13.0. The van der Waals surface area contributed by atoms with Crippen LogP contribution in [-0.4, -0.2) is 60.5 Å². The summed E-state index contributed by atoms with van der Waals surface area (Å²) in [6, 6.07) is 13.3. The van der Waals surface area contributed by atoms with E-state index in [9.17, 15) is 4.79 Å². The number of hydrogen-bond donors (Lipinski definition) is 0. The minimum atomic E-state index is 0.0275. The van der Waals surface area contributed by atoms with Crippen LogP contribution in [0.5, 0.6) is 5.75 Å². The Hall–Kier alpha value is -2.86. The van der Waals surface area contributed by atoms with Crippen molar-refractivity contribution in [3.05, 3.63) is 59.5 Å². The standard InChI is InChI=1S/C24H31N3O3/c1-5-26(6-2)14-15-27(7-3)24(28)19-10-13-21-22(17-19)30-23(25-21)16-18-8-11-20(29-4)12-9-18/h8-13,17H,5-7,14-16H2,1-4H3. The lowest BCUT2D eigenvalue weighted by molar-refractivity contribution is 0.0747. The molecule has 1 aromatic heterocycles. The number of ether oxygens (including phenoxy) is 1. The Bertz CT molecular complexity index is 961. The molecular weight excluding hydrogens is 378 g/mol. The third-order valence-corrected chi connectivity index (χ3v) is 5.44. The average Bonchev–Trinajstić information content (AvgIpc) is 3.18. The highest BCUT2D eigenvalue weighted by Gasteiger charge is 2.17. The molecule has 0 aliphatic carbocycles. The monoisotopic (exact) mass is 409 g/mol. The van der Waals surface area contributed by atoms with Crippen LogP contribution in [0.3, 0.4) is 0 Å². The molecule has 6 nitrogen and oxygen atoms in total. The number of carbonyl (C=O) groups excluding carboxylic acids is 1. The van der Waals surface area contributed by atoms with E-state index in [2.05, 4.69) is 23.7 Å². The van der Waals surface area contributed by atoms with E-state index in [1.807, 2.05) is 54.3 Å². The van der Waals surface area contributed by atoms with Gasteiger partial charge in [0.2, 0.25) is 0 Å². The van der Waals surface area contributed by atoms with Crippen molar-refractivity contribution in [2.75, 3.05) is 39.8 Å². The van der Waals surface area contributed by atoms with Crippen LogP contribution in [0.4, 0.5) is 0 Å². The molecule has 0 spiro atoms. The lowest BCUT2D eigenvalue weighted by Crippen LogP contribution is -2.38. The van der Waals surface area contributed by atoms with Gasteiger partial charge in [0.15, 0.2) is 11.5 Å². The average molecular weight is 410 g/mol. The SMILES string of the molecule is CCN(CC)CCN(CC)C(=O)c1ccc2nc(Cc3ccc(OC)cc3)oc2c1. The summed E-state index contributed by atoms with van der Waals surface area (Å²) in [6.07, 6.45) is 0.590. The van der Waals surface area contributed by atoms with Crippen LogP contribution < -0.4 is 4.74 Å². The molecule has 0 aliphatic heterocycles. The molecule has 1 heterocycles. The summed E-state index contributed by atoms with van der Waals surface area (Å²) >= 11 is 0. The number of methoxy groups -OCH3 is 1. The van der Waals surface area contributed by atoms with Crippen LogP contribution in [0.25, 0.3) is 11.1 Å². The Morgan fingerprint density at radius 1 is 1.00 bits per heavy atom. The highest BCUT2D eigenvalue weighted by atomic mass is 16.5. The summed E-state index contributed by atoms with van der Waals surface area (Å²) in [5, 5.41) is 0. The molecule has 0 bridgehead atoms. The largest absolute Gasteiger partial charge is 0.497 e. The molecule has 0 N–H and O–H groups in total. The number of fused-ring (bicyclic) bond motifs is 1. The van der Waals surface area contributed by atoms with Gasteiger partial charge in [0.25, 0.3) is 5.91 Å². The molecule has 3 rings (SSSR count). The Morgan fingerprint density at radius 2 is 1.73 bits per heavy atom. The smallest absolute Gasteiger partial charge is 0.254 e. The van der Waals surface area contributed by atoms with Gasteiger partial charge < -0.3 is 19.0 Å². The summed E-state index contributed by atoms with van der Waals surface area (Å²) in [5.41, 5.74) is 3.13. The topological polar surface area (TPSA) is 58.8 Å². The fraction of sp³-hybridized carbons (Fsp3) is 0.417. The highest BCUT2D eigenvalue weighted by molar-refractivity contribution is 5.97. The Balaban J connectivity index is 1.73. The first-order chi connectivity index (χ1) is 14.6. The van der Waals surface area contributed by atoms with E-state index in [0.717, 1.165) is 36.5 Å². The molecule has 1 amide bonds. The Labute approximate surface area is 178 Å². The fourth-order valence-corrected chi connectivity index (χ4v) is 3.49. The van der Waals surface area contributed by atoms with Gasteiger partial charge in [-0.05, 0) is 55.9 Å². The summed E-state index contributed by atoms with van der Waals surface area (Å²) in [7, 11) is 1.65. The van der Waals surface area contributed by atoms with Crippen LogP contribution in [0.1, 0.15) is 42.6 Å². The molecule has 3 aromatic rings. The highest BCUT2D eigenvalue weighted by Crippen LogP contribution is 2.21. The maximum Gasteiger partial charge on any atom is 0.254 e. The minimum Gasteiger partial charge on any atom is -0.497 e. The number of aromatic nitrogens is 1. The van der Waals surface area contributed by atoms with E-state index < -0.39 is 0 Å². The van der Waals surface area contributed by atoms with Crippen LogP contribution in [0.2, 0.25) is 0 Å². The predicted molar refractivity (Wildman–Crippen MR) is 119 cm³/mol. The molecule has 0 atom stereocenters. The zero-order valence-corrected chi connectivity index (χ0v) is 18.4. The molecule has 0 fully saturated rings. The van der Waals surface area contributed by atoms with E-state index in [1.54, 1.807) is 7.11 Å². The van der Waals surface area contributed by atoms with Gasteiger partial charge in [-0.3, -0.25) is 4.79 Å². The summed E-state index contributed by atoms with van der Waals surface area (Å²) < 4.78 is 11.1. The van der Waals surface area contributed by atoms with Crippen LogP contribution >= 0.6 is 0 Å². The van der Waals surface area contributed by atoms with Crippen molar-refractivity contribution < 1.29 is 13.9 Å². The summed E-state index contributed by atoms with van der Waals surface area (Å²) in [4.78, 5) is 21.8. The van der Waals surface area contributed by atoms with Crippen molar-refractivity contribution in [3.63, 3.8) is 0 Å². The summed E-state index contributed by atoms with van der Waals surface area (Å²) in [6.45, 7) is 10.5. The molecule has 2 aromatic carbocycles. The number of rotatable bonds is 10. The predicted octanol–water partition coefficient (Wildman–Crippen LogP) is 4.23. The number of hydrogen-bond acceptors (Lipinski definition) is 5. The Kier molecular flexibility index (Phi) is 7.46. The minimum absolute atomic E-state index is 0.0275. The quantitative estimate of drug-likeness (QED) is 0.501. The first-order valence-corrected chi connectivity index (χ1v) is 10.6. The number of carbonyl (C=O) groups is 1. The number of amides is 1. The lowest BCUT2D eigenvalue weighted by Gasteiger charge is -2.25. The first-order valence-electron chi connectivity index (χ1n) is 10.6. The third kappa shape index (κ3) is 5.19. The molecular formula is C24H31N3O3. The van der Waals surface area contributed by atoms with E-state index in [4.69, 9.17) is 9.15 Å². The van der Waals surface area contributed by atoms with Crippen molar-refractivity contribution >= 4 is 17.0 Å². The number of likely N-dealkylation sites (N-methyl/N-ethyl adjacent to an activating group) is 2. The van der Waals surface area contributed by atoms with Gasteiger partial charge in [0, 0.05) is 31.6 Å². The normalized spacial score (nSPS) is 11.2. The van der Waals surface area contributed by atoms with Gasteiger partial charge in [0.05, 0.1) is 7.11 Å². The molecule has 30 heavy (non-hydrogen) atoms. The van der Waals surface area contributed by atoms with E-state index in [1.165, 1.54) is 0 Å². The second kappa shape index (κ2) is 10.3. The Morgan fingerprint density at radius 3 is 2.37 bits per heavy atom. The lowest BCUT2D eigenvalue weighted by atomic mass is 10.1. The molecule has 0 saturated heterocycles. The van der Waals surface area contributed by atoms with E-state index in [-0.39, 0.29) is 5.91 Å². The second-order valence-corrected chi connectivity index (χ2v) is 7.23.